The molecular weight excluding hydrogens is 456 g/mol. The number of nitrogens with one attached hydrogen (secondary N) is 3. The first kappa shape index (κ1) is 25.6. The normalized spacial score (nSPS) is 20.1. The van der Waals surface area contributed by atoms with Crippen molar-refractivity contribution < 1.29 is 9.53 Å². The quantitative estimate of drug-likeness (QED) is 0.355. The summed E-state index contributed by atoms with van der Waals surface area (Å²) in [4.78, 5) is 17.4. The molecule has 35 heavy (non-hydrogen) atoms. The van der Waals surface area contributed by atoms with Crippen LogP contribution in [0.25, 0.3) is 17.2 Å². The van der Waals surface area contributed by atoms with E-state index < -0.39 is 0 Å². The number of anilines is 2. The summed E-state index contributed by atoms with van der Waals surface area (Å²) in [5, 5.41) is 6.80. The highest BCUT2D eigenvalue weighted by Crippen LogP contribution is 2.43. The molecule has 2 amide bonds. The van der Waals surface area contributed by atoms with E-state index in [4.69, 9.17) is 4.74 Å². The average Bonchev–Trinajstić information content (AvgIpc) is 3.55. The molecule has 1 aromatic heterocycles. The molecule has 0 atom stereocenters. The molecule has 0 unspecified atom stereocenters. The molecule has 0 radical (unpaired) electrons. The van der Waals surface area contributed by atoms with Crippen molar-refractivity contribution in [3.8, 4) is 11.1 Å². The Hall–Kier alpha value is -2.51. The molecular formula is C28H38N4O2S. The van der Waals surface area contributed by atoms with Gasteiger partial charge in [0.15, 0.2) is 0 Å². The molecule has 1 heterocycles. The van der Waals surface area contributed by atoms with E-state index in [1.807, 2.05) is 33.0 Å². The van der Waals surface area contributed by atoms with Crippen LogP contribution in [0.1, 0.15) is 68.2 Å². The van der Waals surface area contributed by atoms with Gasteiger partial charge in [-0.05, 0) is 92.1 Å². The summed E-state index contributed by atoms with van der Waals surface area (Å²) < 4.78 is 8.97. The number of aryl methyl sites for hydroxylation is 2. The van der Waals surface area contributed by atoms with Crippen molar-refractivity contribution in [2.45, 2.75) is 83.2 Å². The van der Waals surface area contributed by atoms with E-state index in [9.17, 15) is 4.79 Å². The van der Waals surface area contributed by atoms with E-state index >= 15 is 0 Å². The Morgan fingerprint density at radius 3 is 2.69 bits per heavy atom. The summed E-state index contributed by atoms with van der Waals surface area (Å²) in [6.07, 6.45) is 12.1. The summed E-state index contributed by atoms with van der Waals surface area (Å²) in [6.45, 7) is 10.1. The van der Waals surface area contributed by atoms with E-state index in [1.54, 1.807) is 6.20 Å². The van der Waals surface area contributed by atoms with Gasteiger partial charge in [0.2, 0.25) is 0 Å². The lowest BCUT2D eigenvalue weighted by molar-refractivity contribution is -0.00531. The number of amides is 2. The molecule has 5 rings (SSSR count). The van der Waals surface area contributed by atoms with Crippen molar-refractivity contribution in [3.05, 3.63) is 47.2 Å². The van der Waals surface area contributed by atoms with Crippen LogP contribution in [0.3, 0.4) is 0 Å². The zero-order valence-electron chi connectivity index (χ0n) is 21.4. The minimum atomic E-state index is -0.171. The summed E-state index contributed by atoms with van der Waals surface area (Å²) in [5.74, 6) is 0.779. The maximum absolute atomic E-state index is 13.0. The second-order valence-corrected chi connectivity index (χ2v) is 10.3. The molecule has 3 aliphatic carbocycles. The number of urea groups is 1. The van der Waals surface area contributed by atoms with Crippen LogP contribution in [0, 0.1) is 6.92 Å². The number of nitrogens with zero attached hydrogens (tertiary/aromatic N) is 1. The van der Waals surface area contributed by atoms with Crippen LogP contribution in [-0.4, -0.2) is 35.5 Å². The Morgan fingerprint density at radius 2 is 2.00 bits per heavy atom. The van der Waals surface area contributed by atoms with Crippen LogP contribution in [0.2, 0.25) is 0 Å². The predicted octanol–water partition coefficient (Wildman–Crippen LogP) is 6.74. The molecule has 0 saturated heterocycles. The molecule has 1 aromatic carbocycles. The Labute approximate surface area is 213 Å². The molecule has 3 N–H and O–H groups in total. The van der Waals surface area contributed by atoms with Crippen LogP contribution < -0.4 is 15.4 Å². The van der Waals surface area contributed by atoms with Gasteiger partial charge in [-0.1, -0.05) is 32.6 Å². The second-order valence-electron chi connectivity index (χ2n) is 9.23. The van der Waals surface area contributed by atoms with Gasteiger partial charge in [0.1, 0.15) is 5.82 Å². The Morgan fingerprint density at radius 1 is 1.23 bits per heavy atom. The lowest BCUT2D eigenvalue weighted by atomic mass is 9.90. The third kappa shape index (κ3) is 5.67. The van der Waals surface area contributed by atoms with Gasteiger partial charge in [-0.3, -0.25) is 4.72 Å². The molecule has 2 saturated carbocycles. The Balaban J connectivity index is 0.00000141. The first-order valence-electron chi connectivity index (χ1n) is 12.9. The standard InChI is InChI=1S/C26H32N4O2S.C2H6/c1-4-20-22(10-11-28-25(20)27-3)23-15(2)12-16-6-5-7-21(16)24(23)29-26(31)30-33-19-13-18(14-19)32-17-8-9-17;1-2/h4,10-12,17-19H,1,5-9,13-14H2,2-3H3,(H,27,28)(H2,29,30,31);1-2H3. The van der Waals surface area contributed by atoms with Crippen molar-refractivity contribution in [1.29, 1.82) is 0 Å². The maximum atomic E-state index is 13.0. The molecule has 2 fully saturated rings. The Bertz CT molecular complexity index is 1080. The maximum Gasteiger partial charge on any atom is 0.329 e. The second kappa shape index (κ2) is 11.5. The number of carbonyl (C=O) groups is 1. The summed E-state index contributed by atoms with van der Waals surface area (Å²) in [5.41, 5.74) is 7.66. The number of ether oxygens (including phenoxy) is 1. The number of benzene rings is 1. The summed E-state index contributed by atoms with van der Waals surface area (Å²) in [6, 6.07) is 4.11. The number of fused-ring (bicyclic) bond motifs is 1. The van der Waals surface area contributed by atoms with E-state index in [-0.39, 0.29) is 6.03 Å². The van der Waals surface area contributed by atoms with Crippen LogP contribution in [0.15, 0.2) is 24.9 Å². The molecule has 2 aromatic rings. The molecule has 0 bridgehead atoms. The zero-order chi connectivity index (χ0) is 24.9. The van der Waals surface area contributed by atoms with Gasteiger partial charge in [-0.2, -0.15) is 0 Å². The van der Waals surface area contributed by atoms with Gasteiger partial charge in [-0.25, -0.2) is 9.78 Å². The van der Waals surface area contributed by atoms with E-state index in [2.05, 4.69) is 39.9 Å². The van der Waals surface area contributed by atoms with Crippen molar-refractivity contribution in [2.75, 3.05) is 17.7 Å². The molecule has 7 heteroatoms. The van der Waals surface area contributed by atoms with Gasteiger partial charge in [0.05, 0.1) is 17.9 Å². The van der Waals surface area contributed by atoms with Crippen LogP contribution in [0.4, 0.5) is 16.3 Å². The molecule has 3 aliphatic rings. The first-order chi connectivity index (χ1) is 17.1. The van der Waals surface area contributed by atoms with Crippen molar-refractivity contribution in [3.63, 3.8) is 0 Å². The first-order valence-corrected chi connectivity index (χ1v) is 13.8. The Kier molecular flexibility index (Phi) is 8.39. The van der Waals surface area contributed by atoms with Crippen LogP contribution in [-0.2, 0) is 17.6 Å². The number of rotatable bonds is 8. The fourth-order valence-electron chi connectivity index (χ4n) is 4.95. The van der Waals surface area contributed by atoms with Gasteiger partial charge >= 0.3 is 6.03 Å². The van der Waals surface area contributed by atoms with Gasteiger partial charge in [0, 0.05) is 29.6 Å². The lowest BCUT2D eigenvalue weighted by Gasteiger charge is -2.34. The smallest absolute Gasteiger partial charge is 0.329 e. The SMILES string of the molecule is C=Cc1c(-c2c(C)cc3c(c2NC(=O)NSC2CC(OC4CC4)C2)CCC3)ccnc1NC.CC. The number of pyridine rings is 1. The average molecular weight is 495 g/mol. The number of aromatic nitrogens is 1. The fraction of sp³-hybridized carbons (Fsp3) is 0.500. The predicted molar refractivity (Wildman–Crippen MR) is 148 cm³/mol. The highest BCUT2D eigenvalue weighted by atomic mass is 32.2. The zero-order valence-corrected chi connectivity index (χ0v) is 22.2. The van der Waals surface area contributed by atoms with Crippen molar-refractivity contribution in [1.82, 2.24) is 9.71 Å². The minimum absolute atomic E-state index is 0.171. The van der Waals surface area contributed by atoms with Crippen molar-refractivity contribution in [2.24, 2.45) is 0 Å². The van der Waals surface area contributed by atoms with Gasteiger partial charge in [-0.15, -0.1) is 0 Å². The highest BCUT2D eigenvalue weighted by Gasteiger charge is 2.36. The molecule has 0 spiro atoms. The minimum Gasteiger partial charge on any atom is -0.375 e. The fourth-order valence-corrected chi connectivity index (χ4v) is 5.90. The monoisotopic (exact) mass is 494 g/mol. The topological polar surface area (TPSA) is 75.3 Å². The van der Waals surface area contributed by atoms with E-state index in [0.29, 0.717) is 17.5 Å². The largest absolute Gasteiger partial charge is 0.375 e. The third-order valence-electron chi connectivity index (χ3n) is 6.82. The van der Waals surface area contributed by atoms with E-state index in [0.717, 1.165) is 65.9 Å². The van der Waals surface area contributed by atoms with Gasteiger partial charge in [0.25, 0.3) is 0 Å². The van der Waals surface area contributed by atoms with Gasteiger partial charge < -0.3 is 15.4 Å². The number of carbonyl (C=O) groups excluding carboxylic acids is 1. The van der Waals surface area contributed by atoms with Crippen LogP contribution >= 0.6 is 11.9 Å². The molecule has 0 aliphatic heterocycles. The summed E-state index contributed by atoms with van der Waals surface area (Å²) in [7, 11) is 1.86. The third-order valence-corrected chi connectivity index (χ3v) is 7.84. The number of hydrogen-bond donors (Lipinski definition) is 3. The molecule has 6 nitrogen and oxygen atoms in total. The highest BCUT2D eigenvalue weighted by molar-refractivity contribution is 7.98. The van der Waals surface area contributed by atoms with Crippen molar-refractivity contribution >= 4 is 35.6 Å². The number of hydrogen-bond acceptors (Lipinski definition) is 5. The van der Waals surface area contributed by atoms with E-state index in [1.165, 1.54) is 35.9 Å². The van der Waals surface area contributed by atoms with Crippen LogP contribution in [0.5, 0.6) is 0 Å². The molecule has 188 valence electrons. The summed E-state index contributed by atoms with van der Waals surface area (Å²) >= 11 is 1.52. The lowest BCUT2D eigenvalue weighted by Crippen LogP contribution is -2.37.